The minimum absolute atomic E-state index is 0.0576. The van der Waals surface area contributed by atoms with Crippen LogP contribution in [0.2, 0.25) is 0 Å². The fraction of sp³-hybridized carbons (Fsp3) is 0.600. The summed E-state index contributed by atoms with van der Waals surface area (Å²) in [4.78, 5) is 16.3. The Kier molecular flexibility index (Phi) is 4.95. The van der Waals surface area contributed by atoms with Crippen LogP contribution in [-0.2, 0) is 4.74 Å². The van der Waals surface area contributed by atoms with E-state index in [4.69, 9.17) is 4.74 Å². The smallest absolute Gasteiger partial charge is 0.254 e. The summed E-state index contributed by atoms with van der Waals surface area (Å²) < 4.78 is 5.13. The molecule has 0 saturated heterocycles. The summed E-state index contributed by atoms with van der Waals surface area (Å²) in [5.74, 6) is -0.0576. The number of methoxy groups -OCH3 is 1. The van der Waals surface area contributed by atoms with Gasteiger partial charge in [-0.3, -0.25) is 9.78 Å². The van der Waals surface area contributed by atoms with Crippen molar-refractivity contribution >= 4 is 11.6 Å². The van der Waals surface area contributed by atoms with E-state index in [-0.39, 0.29) is 11.3 Å². The molecule has 1 aromatic rings. The van der Waals surface area contributed by atoms with Crippen molar-refractivity contribution in [2.75, 3.05) is 32.1 Å². The lowest BCUT2D eigenvalue weighted by Crippen LogP contribution is -2.31. The van der Waals surface area contributed by atoms with Gasteiger partial charge in [-0.15, -0.1) is 0 Å². The number of carbonyl (C=O) groups excluding carboxylic acids is 1. The van der Waals surface area contributed by atoms with Crippen LogP contribution in [0.15, 0.2) is 18.5 Å². The monoisotopic (exact) mass is 277 g/mol. The molecule has 2 N–H and O–H groups in total. The standard InChI is InChI=1S/C15H23N3O2/c1-3-17-13-4-8-16-10-12(13)14(19)18-11-15(5-6-15)7-9-20-2/h4,8,10H,3,5-7,9,11H2,1-2H3,(H,16,17)(H,18,19). The zero-order valence-corrected chi connectivity index (χ0v) is 12.2. The van der Waals surface area contributed by atoms with Gasteiger partial charge in [0.1, 0.15) is 0 Å². The molecule has 20 heavy (non-hydrogen) atoms. The Balaban J connectivity index is 1.92. The van der Waals surface area contributed by atoms with Crippen LogP contribution < -0.4 is 10.6 Å². The van der Waals surface area contributed by atoms with Crippen LogP contribution in [-0.4, -0.2) is 37.7 Å². The Morgan fingerprint density at radius 3 is 2.95 bits per heavy atom. The molecule has 0 bridgehead atoms. The molecule has 110 valence electrons. The second-order valence-corrected chi connectivity index (χ2v) is 5.38. The third-order valence-electron chi connectivity index (χ3n) is 3.85. The van der Waals surface area contributed by atoms with Crippen LogP contribution in [0.1, 0.15) is 36.5 Å². The zero-order valence-electron chi connectivity index (χ0n) is 12.2. The number of aromatic nitrogens is 1. The van der Waals surface area contributed by atoms with Gasteiger partial charge in [-0.2, -0.15) is 0 Å². The molecular formula is C15H23N3O2. The van der Waals surface area contributed by atoms with E-state index in [0.717, 1.165) is 31.8 Å². The van der Waals surface area contributed by atoms with E-state index >= 15 is 0 Å². The van der Waals surface area contributed by atoms with Crippen molar-refractivity contribution in [1.29, 1.82) is 0 Å². The van der Waals surface area contributed by atoms with Crippen LogP contribution in [0.4, 0.5) is 5.69 Å². The Morgan fingerprint density at radius 1 is 1.50 bits per heavy atom. The molecule has 1 aromatic heterocycles. The zero-order chi connectivity index (χ0) is 14.4. The van der Waals surface area contributed by atoms with Gasteiger partial charge in [0.25, 0.3) is 5.91 Å². The summed E-state index contributed by atoms with van der Waals surface area (Å²) >= 11 is 0. The number of hydrogen-bond donors (Lipinski definition) is 2. The van der Waals surface area contributed by atoms with Crippen LogP contribution in [0, 0.1) is 5.41 Å². The van der Waals surface area contributed by atoms with Gasteiger partial charge in [0, 0.05) is 39.2 Å². The molecule has 1 fully saturated rings. The SMILES string of the molecule is CCNc1ccncc1C(=O)NCC1(CCOC)CC1. The van der Waals surface area contributed by atoms with E-state index in [1.165, 1.54) is 12.8 Å². The average Bonchev–Trinajstić information content (AvgIpc) is 3.24. The third-order valence-corrected chi connectivity index (χ3v) is 3.85. The first kappa shape index (κ1) is 14.8. The normalized spacial score (nSPS) is 15.7. The summed E-state index contributed by atoms with van der Waals surface area (Å²) in [5.41, 5.74) is 1.70. The second-order valence-electron chi connectivity index (χ2n) is 5.38. The highest BCUT2D eigenvalue weighted by molar-refractivity contribution is 5.99. The summed E-state index contributed by atoms with van der Waals surface area (Å²) in [5, 5.41) is 6.22. The highest BCUT2D eigenvalue weighted by Gasteiger charge is 2.42. The number of pyridine rings is 1. The Morgan fingerprint density at radius 2 is 2.30 bits per heavy atom. The number of nitrogens with one attached hydrogen (secondary N) is 2. The molecule has 1 aliphatic rings. The van der Waals surface area contributed by atoms with Crippen molar-refractivity contribution in [2.24, 2.45) is 5.41 Å². The summed E-state index contributed by atoms with van der Waals surface area (Å²) in [6.07, 6.45) is 6.65. The summed E-state index contributed by atoms with van der Waals surface area (Å²) in [6.45, 7) is 4.26. The van der Waals surface area contributed by atoms with Gasteiger partial charge in [0.15, 0.2) is 0 Å². The lowest BCUT2D eigenvalue weighted by molar-refractivity contribution is 0.0938. The number of nitrogens with zero attached hydrogens (tertiary/aromatic N) is 1. The van der Waals surface area contributed by atoms with Gasteiger partial charge >= 0.3 is 0 Å². The highest BCUT2D eigenvalue weighted by atomic mass is 16.5. The second kappa shape index (κ2) is 6.70. The van der Waals surface area contributed by atoms with Gasteiger partial charge in [-0.05, 0) is 37.7 Å². The molecular weight excluding hydrogens is 254 g/mol. The van der Waals surface area contributed by atoms with Crippen LogP contribution >= 0.6 is 0 Å². The Bertz CT molecular complexity index is 458. The molecule has 5 nitrogen and oxygen atoms in total. The highest BCUT2D eigenvalue weighted by Crippen LogP contribution is 2.48. The summed E-state index contributed by atoms with van der Waals surface area (Å²) in [6, 6.07) is 1.83. The number of anilines is 1. The predicted octanol–water partition coefficient (Wildman–Crippen LogP) is 2.06. The summed E-state index contributed by atoms with van der Waals surface area (Å²) in [7, 11) is 1.72. The van der Waals surface area contributed by atoms with Gasteiger partial charge in [0.05, 0.1) is 11.3 Å². The van der Waals surface area contributed by atoms with E-state index in [0.29, 0.717) is 5.56 Å². The maximum Gasteiger partial charge on any atom is 0.254 e. The molecule has 1 aliphatic carbocycles. The Labute approximate surface area is 120 Å². The first-order valence-electron chi connectivity index (χ1n) is 7.16. The minimum atomic E-state index is -0.0576. The van der Waals surface area contributed by atoms with E-state index < -0.39 is 0 Å². The quantitative estimate of drug-likeness (QED) is 0.763. The first-order chi connectivity index (χ1) is 9.71. The molecule has 0 aliphatic heterocycles. The maximum absolute atomic E-state index is 12.3. The number of rotatable bonds is 8. The lowest BCUT2D eigenvalue weighted by atomic mass is 10.0. The minimum Gasteiger partial charge on any atom is -0.385 e. The molecule has 2 rings (SSSR count). The van der Waals surface area contributed by atoms with Gasteiger partial charge < -0.3 is 15.4 Å². The molecule has 0 unspecified atom stereocenters. The molecule has 0 aromatic carbocycles. The first-order valence-corrected chi connectivity index (χ1v) is 7.16. The molecule has 5 heteroatoms. The average molecular weight is 277 g/mol. The number of amides is 1. The van der Waals surface area contributed by atoms with Crippen LogP contribution in [0.5, 0.6) is 0 Å². The van der Waals surface area contributed by atoms with Crippen LogP contribution in [0.25, 0.3) is 0 Å². The fourth-order valence-electron chi connectivity index (χ4n) is 2.29. The fourth-order valence-corrected chi connectivity index (χ4v) is 2.29. The predicted molar refractivity (Wildman–Crippen MR) is 78.9 cm³/mol. The van der Waals surface area contributed by atoms with E-state index in [9.17, 15) is 4.79 Å². The maximum atomic E-state index is 12.3. The van der Waals surface area contributed by atoms with E-state index in [1.807, 2.05) is 13.0 Å². The molecule has 0 spiro atoms. The molecule has 0 radical (unpaired) electrons. The topological polar surface area (TPSA) is 63.2 Å². The van der Waals surface area contributed by atoms with Crippen molar-refractivity contribution in [3.8, 4) is 0 Å². The Hall–Kier alpha value is -1.62. The van der Waals surface area contributed by atoms with Gasteiger partial charge in [-0.25, -0.2) is 0 Å². The van der Waals surface area contributed by atoms with Crippen molar-refractivity contribution in [2.45, 2.75) is 26.2 Å². The van der Waals surface area contributed by atoms with Gasteiger partial charge in [-0.1, -0.05) is 0 Å². The van der Waals surface area contributed by atoms with Crippen molar-refractivity contribution in [3.05, 3.63) is 24.0 Å². The molecule has 1 saturated carbocycles. The number of hydrogen-bond acceptors (Lipinski definition) is 4. The number of carbonyl (C=O) groups is 1. The van der Waals surface area contributed by atoms with Gasteiger partial charge in [0.2, 0.25) is 0 Å². The van der Waals surface area contributed by atoms with Crippen LogP contribution in [0.3, 0.4) is 0 Å². The van der Waals surface area contributed by atoms with E-state index in [1.54, 1.807) is 19.5 Å². The van der Waals surface area contributed by atoms with Crippen molar-refractivity contribution < 1.29 is 9.53 Å². The van der Waals surface area contributed by atoms with E-state index in [2.05, 4.69) is 15.6 Å². The third kappa shape index (κ3) is 3.70. The molecule has 0 atom stereocenters. The lowest BCUT2D eigenvalue weighted by Gasteiger charge is -2.16. The molecule has 1 heterocycles. The number of ether oxygens (including phenoxy) is 1. The van der Waals surface area contributed by atoms with Crippen molar-refractivity contribution in [3.63, 3.8) is 0 Å². The van der Waals surface area contributed by atoms with Crippen molar-refractivity contribution in [1.82, 2.24) is 10.3 Å². The largest absolute Gasteiger partial charge is 0.385 e. The molecule has 1 amide bonds.